The number of ether oxygens (including phenoxy) is 1. The van der Waals surface area contributed by atoms with E-state index in [9.17, 15) is 18.7 Å². The van der Waals surface area contributed by atoms with E-state index in [0.29, 0.717) is 23.4 Å². The number of rotatable bonds is 4. The number of nitrogens with zero attached hydrogens (tertiary/aromatic N) is 4. The molecule has 6 rings (SSSR count). The van der Waals surface area contributed by atoms with Gasteiger partial charge in [-0.05, 0) is 54.3 Å². The lowest BCUT2D eigenvalue weighted by Gasteiger charge is -2.25. The summed E-state index contributed by atoms with van der Waals surface area (Å²) in [6.45, 7) is -2.75. The van der Waals surface area contributed by atoms with Gasteiger partial charge in [0.2, 0.25) is 0 Å². The van der Waals surface area contributed by atoms with Crippen LogP contribution in [-0.2, 0) is 25.0 Å². The molecular weight excluding hydrogens is 480 g/mol. The van der Waals surface area contributed by atoms with Crippen molar-refractivity contribution in [2.45, 2.75) is 38.1 Å². The number of fused-ring (bicyclic) bond motifs is 5. The van der Waals surface area contributed by atoms with Crippen LogP contribution in [0.2, 0.25) is 0 Å². The Kier molecular flexibility index (Phi) is 5.46. The van der Waals surface area contributed by atoms with Crippen LogP contribution in [-0.4, -0.2) is 50.7 Å². The van der Waals surface area contributed by atoms with Gasteiger partial charge in [-0.25, -0.2) is 4.98 Å². The van der Waals surface area contributed by atoms with Gasteiger partial charge in [-0.3, -0.25) is 9.78 Å². The Bertz CT molecular complexity index is 1550. The molecule has 0 radical (unpaired) electrons. The number of aliphatic hydroxyl groups is 1. The maximum Gasteiger partial charge on any atom is 0.387 e. The number of carbonyl (C=O) groups excluding carboxylic acids is 1. The van der Waals surface area contributed by atoms with Gasteiger partial charge in [-0.2, -0.15) is 8.78 Å². The van der Waals surface area contributed by atoms with Crippen LogP contribution in [0.3, 0.4) is 0 Å². The Balaban J connectivity index is 1.47. The van der Waals surface area contributed by atoms with Gasteiger partial charge in [0, 0.05) is 29.9 Å². The Morgan fingerprint density at radius 3 is 2.81 bits per heavy atom. The molecule has 0 spiro atoms. The fraction of sp³-hybridized carbons (Fsp3) is 0.296. The van der Waals surface area contributed by atoms with Crippen molar-refractivity contribution in [2.24, 2.45) is 5.73 Å². The number of alkyl halides is 2. The number of aliphatic hydroxyl groups excluding tert-OH is 1. The number of hydrogen-bond acceptors (Lipinski definition) is 6. The van der Waals surface area contributed by atoms with E-state index >= 15 is 0 Å². The average molecular weight is 506 g/mol. The lowest BCUT2D eigenvalue weighted by molar-refractivity contribution is -0.0505. The molecule has 8 nitrogen and oxygen atoms in total. The number of halogens is 2. The second-order valence-electron chi connectivity index (χ2n) is 9.69. The Morgan fingerprint density at radius 2 is 2.03 bits per heavy atom. The highest BCUT2D eigenvalue weighted by molar-refractivity contribution is 5.96. The van der Waals surface area contributed by atoms with Gasteiger partial charge in [-0.1, -0.05) is 12.1 Å². The van der Waals surface area contributed by atoms with Gasteiger partial charge in [0.25, 0.3) is 5.91 Å². The van der Waals surface area contributed by atoms with Crippen LogP contribution in [0.15, 0.2) is 48.7 Å². The number of benzene rings is 2. The van der Waals surface area contributed by atoms with Crippen molar-refractivity contribution in [2.75, 3.05) is 13.7 Å². The van der Waals surface area contributed by atoms with Crippen LogP contribution < -0.4 is 10.5 Å². The summed E-state index contributed by atoms with van der Waals surface area (Å²) in [4.78, 5) is 23.9. The number of amides is 1. The van der Waals surface area contributed by atoms with Crippen LogP contribution in [0.4, 0.5) is 8.78 Å². The van der Waals surface area contributed by atoms with E-state index in [0.717, 1.165) is 39.8 Å². The Labute approximate surface area is 211 Å². The smallest absolute Gasteiger partial charge is 0.387 e. The molecule has 2 aromatic carbocycles. The monoisotopic (exact) mass is 505 g/mol. The Morgan fingerprint density at radius 1 is 1.19 bits per heavy atom. The molecule has 0 fully saturated rings. The molecule has 3 N–H and O–H groups in total. The lowest BCUT2D eigenvalue weighted by atomic mass is 9.98. The molecule has 10 heteroatoms. The lowest BCUT2D eigenvalue weighted by Crippen LogP contribution is -2.38. The van der Waals surface area contributed by atoms with Crippen LogP contribution in [0.25, 0.3) is 22.2 Å². The summed E-state index contributed by atoms with van der Waals surface area (Å²) in [7, 11) is 1.66. The van der Waals surface area contributed by atoms with E-state index in [1.165, 1.54) is 11.0 Å². The van der Waals surface area contributed by atoms with Gasteiger partial charge in [-0.15, -0.1) is 0 Å². The zero-order chi connectivity index (χ0) is 25.9. The normalized spacial score (nSPS) is 19.0. The molecule has 0 unspecified atom stereocenters. The first-order valence-electron chi connectivity index (χ1n) is 12.0. The highest BCUT2D eigenvalue weighted by atomic mass is 19.3. The van der Waals surface area contributed by atoms with Crippen LogP contribution in [0.5, 0.6) is 5.75 Å². The van der Waals surface area contributed by atoms with Crippen LogP contribution in [0.1, 0.15) is 39.4 Å². The van der Waals surface area contributed by atoms with Gasteiger partial charge in [0.1, 0.15) is 11.6 Å². The molecule has 2 aliphatic rings. The summed E-state index contributed by atoms with van der Waals surface area (Å²) < 4.78 is 33.1. The molecule has 1 atom stereocenters. The predicted molar refractivity (Wildman–Crippen MR) is 132 cm³/mol. The van der Waals surface area contributed by atoms with E-state index in [1.807, 2.05) is 22.8 Å². The molecule has 37 heavy (non-hydrogen) atoms. The Hall–Kier alpha value is -3.89. The number of imidazole rings is 1. The minimum Gasteiger partial charge on any atom is -0.434 e. The van der Waals surface area contributed by atoms with Gasteiger partial charge >= 0.3 is 6.61 Å². The fourth-order valence-corrected chi connectivity index (χ4v) is 5.37. The zero-order valence-corrected chi connectivity index (χ0v) is 20.1. The minimum absolute atomic E-state index is 0.0305. The third-order valence-corrected chi connectivity index (χ3v) is 7.34. The number of aromatic nitrogens is 3. The molecule has 3 heterocycles. The average Bonchev–Trinajstić information content (AvgIpc) is 3.40. The molecule has 190 valence electrons. The summed E-state index contributed by atoms with van der Waals surface area (Å²) >= 11 is 0. The van der Waals surface area contributed by atoms with E-state index in [2.05, 4.69) is 11.1 Å². The highest BCUT2D eigenvalue weighted by Crippen LogP contribution is 2.36. The molecule has 0 saturated carbocycles. The van der Waals surface area contributed by atoms with E-state index in [4.69, 9.17) is 15.5 Å². The van der Waals surface area contributed by atoms with Crippen molar-refractivity contribution in [3.05, 3.63) is 76.9 Å². The van der Waals surface area contributed by atoms with E-state index < -0.39 is 12.2 Å². The first kappa shape index (κ1) is 23.5. The van der Waals surface area contributed by atoms with Gasteiger partial charge in [0.15, 0.2) is 0 Å². The summed E-state index contributed by atoms with van der Waals surface area (Å²) in [6.07, 6.45) is 3.13. The standard InChI is InChI=1S/C27H25F2N5O3/c1-33-13-23-32-20-6-5-15(17-9-16-7-8-27(30,14-35)24(16)31-11-17)10-21(20)34(23)12-19-18(25(33)36)3-2-4-22(19)37-26(28)29/h2-6,9-11,26,35H,7-8,12-14,30H2,1H3/t27-/m0/s1. The van der Waals surface area contributed by atoms with Gasteiger partial charge < -0.3 is 25.0 Å². The number of aryl methyl sites for hydroxylation is 1. The quantitative estimate of drug-likeness (QED) is 0.440. The van der Waals surface area contributed by atoms with Gasteiger partial charge in [0.05, 0.1) is 42.0 Å². The first-order chi connectivity index (χ1) is 17.8. The molecule has 1 aliphatic heterocycles. The van der Waals surface area contributed by atoms with E-state index in [-0.39, 0.29) is 31.4 Å². The molecule has 0 bridgehead atoms. The topological polar surface area (TPSA) is 107 Å². The van der Waals surface area contributed by atoms with Crippen molar-refractivity contribution in [3.63, 3.8) is 0 Å². The van der Waals surface area contributed by atoms with Crippen molar-refractivity contribution in [1.82, 2.24) is 19.4 Å². The summed E-state index contributed by atoms with van der Waals surface area (Å²) in [5.41, 5.74) is 11.3. The van der Waals surface area contributed by atoms with Crippen molar-refractivity contribution in [3.8, 4) is 16.9 Å². The highest BCUT2D eigenvalue weighted by Gasteiger charge is 2.36. The minimum atomic E-state index is -3.01. The van der Waals surface area contributed by atoms with Crippen molar-refractivity contribution < 1.29 is 23.4 Å². The number of pyridine rings is 1. The van der Waals surface area contributed by atoms with Crippen LogP contribution >= 0.6 is 0 Å². The van der Waals surface area contributed by atoms with Crippen molar-refractivity contribution >= 4 is 16.9 Å². The number of nitrogens with two attached hydrogens (primary N) is 1. The molecule has 0 saturated heterocycles. The number of carbonyl (C=O) groups is 1. The fourth-order valence-electron chi connectivity index (χ4n) is 5.37. The second kappa shape index (κ2) is 8.60. The molecule has 1 amide bonds. The first-order valence-corrected chi connectivity index (χ1v) is 12.0. The van der Waals surface area contributed by atoms with Crippen molar-refractivity contribution in [1.29, 1.82) is 0 Å². The predicted octanol–water partition coefficient (Wildman–Crippen LogP) is 3.43. The molecule has 2 aromatic heterocycles. The number of hydrogen-bond donors (Lipinski definition) is 2. The molecule has 1 aliphatic carbocycles. The third-order valence-electron chi connectivity index (χ3n) is 7.34. The second-order valence-corrected chi connectivity index (χ2v) is 9.69. The molecular formula is C27H25F2N5O3. The summed E-state index contributed by atoms with van der Waals surface area (Å²) in [5.74, 6) is 0.331. The maximum atomic E-state index is 13.2. The third kappa shape index (κ3) is 3.84. The summed E-state index contributed by atoms with van der Waals surface area (Å²) in [6, 6.07) is 12.5. The summed E-state index contributed by atoms with van der Waals surface area (Å²) in [5, 5.41) is 9.73. The zero-order valence-electron chi connectivity index (χ0n) is 20.1. The largest absolute Gasteiger partial charge is 0.434 e. The van der Waals surface area contributed by atoms with E-state index in [1.54, 1.807) is 25.4 Å². The maximum absolute atomic E-state index is 13.2. The molecule has 4 aromatic rings. The SMILES string of the molecule is CN1Cc2nc3ccc(-c4cnc5c(c4)CC[C@]5(N)CO)cc3n2Cc2c(OC(F)F)cccc2C1=O. The van der Waals surface area contributed by atoms with Crippen LogP contribution in [0, 0.1) is 0 Å².